The van der Waals surface area contributed by atoms with Gasteiger partial charge in [-0.25, -0.2) is 4.98 Å². The highest BCUT2D eigenvalue weighted by atomic mass is 79.9. The van der Waals surface area contributed by atoms with Crippen molar-refractivity contribution >= 4 is 56.0 Å². The second kappa shape index (κ2) is 8.02. The van der Waals surface area contributed by atoms with E-state index in [1.807, 2.05) is 11.8 Å². The molecule has 4 heterocycles. The molecule has 2 aliphatic heterocycles. The van der Waals surface area contributed by atoms with E-state index in [4.69, 9.17) is 4.98 Å². The Kier molecular flexibility index (Phi) is 5.27. The van der Waals surface area contributed by atoms with Gasteiger partial charge in [0.15, 0.2) is 12.1 Å². The number of hydrogen-bond donors (Lipinski definition) is 4. The van der Waals surface area contributed by atoms with Crippen LogP contribution in [0.5, 0.6) is 0 Å². The maximum atomic E-state index is 4.74. The minimum absolute atomic E-state index is 0.226. The molecule has 5 rings (SSSR count). The number of rotatable bonds is 7. The van der Waals surface area contributed by atoms with Crippen LogP contribution in [0, 0.1) is 0 Å². The Morgan fingerprint density at radius 3 is 3.07 bits per heavy atom. The largest absolute Gasteiger partial charge is 0.337 e. The van der Waals surface area contributed by atoms with Gasteiger partial charge in [0.05, 0.1) is 10.2 Å². The number of thiazole rings is 1. The second-order valence-corrected chi connectivity index (χ2v) is 9.74. The van der Waals surface area contributed by atoms with Crippen LogP contribution in [-0.2, 0) is 6.54 Å². The summed E-state index contributed by atoms with van der Waals surface area (Å²) in [6, 6.07) is 2.08. The molecular weight excluding hydrogens is 458 g/mol. The average Bonchev–Trinajstić information content (AvgIpc) is 3.12. The molecule has 1 saturated carbocycles. The van der Waals surface area contributed by atoms with E-state index in [0.29, 0.717) is 12.5 Å². The zero-order chi connectivity index (χ0) is 18.9. The first-order valence-corrected chi connectivity index (χ1v) is 11.9. The van der Waals surface area contributed by atoms with Gasteiger partial charge in [-0.2, -0.15) is 5.10 Å². The molecule has 1 atom stereocenters. The summed E-state index contributed by atoms with van der Waals surface area (Å²) in [5.41, 5.74) is 2.24. The highest BCUT2D eigenvalue weighted by Gasteiger charge is 2.26. The zero-order valence-electron chi connectivity index (χ0n) is 15.0. The van der Waals surface area contributed by atoms with Gasteiger partial charge in [0.25, 0.3) is 0 Å². The lowest BCUT2D eigenvalue weighted by Gasteiger charge is -2.23. The van der Waals surface area contributed by atoms with Crippen molar-refractivity contribution in [2.45, 2.75) is 38.0 Å². The fraction of sp³-hybridized carbons (Fsp3) is 0.389. The molecule has 3 aliphatic rings. The number of aromatic nitrogens is 3. The van der Waals surface area contributed by atoms with Gasteiger partial charge in [-0.1, -0.05) is 6.08 Å². The molecule has 2 aromatic heterocycles. The summed E-state index contributed by atoms with van der Waals surface area (Å²) < 4.78 is 0.864. The van der Waals surface area contributed by atoms with Crippen LogP contribution in [0.2, 0.25) is 0 Å². The summed E-state index contributed by atoms with van der Waals surface area (Å²) in [5, 5.41) is 20.8. The van der Waals surface area contributed by atoms with Crippen molar-refractivity contribution in [1.82, 2.24) is 25.8 Å². The van der Waals surface area contributed by atoms with Crippen LogP contribution in [0.3, 0.4) is 0 Å². The first-order chi connectivity index (χ1) is 13.7. The first kappa shape index (κ1) is 18.4. The fourth-order valence-corrected chi connectivity index (χ4v) is 5.32. The molecule has 0 bridgehead atoms. The maximum absolute atomic E-state index is 4.74. The fourth-order valence-electron chi connectivity index (χ4n) is 3.05. The van der Waals surface area contributed by atoms with Gasteiger partial charge in [0.1, 0.15) is 10.8 Å². The highest BCUT2D eigenvalue weighted by molar-refractivity contribution is 9.12. The molecule has 0 saturated heterocycles. The van der Waals surface area contributed by atoms with Gasteiger partial charge >= 0.3 is 0 Å². The van der Waals surface area contributed by atoms with Gasteiger partial charge < -0.3 is 10.6 Å². The molecule has 4 N–H and O–H groups in total. The molecule has 7 nitrogen and oxygen atoms in total. The van der Waals surface area contributed by atoms with Crippen molar-refractivity contribution in [3.8, 4) is 0 Å². The normalized spacial score (nSPS) is 21.8. The van der Waals surface area contributed by atoms with Crippen molar-refractivity contribution in [1.29, 1.82) is 0 Å². The number of anilines is 1. The van der Waals surface area contributed by atoms with E-state index in [1.54, 1.807) is 17.6 Å². The van der Waals surface area contributed by atoms with Gasteiger partial charge in [-0.05, 0) is 35.2 Å². The van der Waals surface area contributed by atoms with Crippen LogP contribution in [0.15, 0.2) is 32.8 Å². The summed E-state index contributed by atoms with van der Waals surface area (Å²) in [7, 11) is 0. The molecule has 10 heteroatoms. The van der Waals surface area contributed by atoms with Crippen LogP contribution in [0.4, 0.5) is 5.82 Å². The van der Waals surface area contributed by atoms with E-state index in [9.17, 15) is 0 Å². The molecule has 2 aromatic rings. The SMILES string of the molecule is BrC1=C(Nc2cc(C3CC3)[nH]n2)NC(NCc2csc(C3=CCCS3)n2)N=C1. The Labute approximate surface area is 179 Å². The summed E-state index contributed by atoms with van der Waals surface area (Å²) in [5.74, 6) is 3.46. The standard InChI is InChI=1S/C18H20BrN7S2/c19-12-8-21-18(20-7-11-9-28-17(22-11)14-2-1-5-27-14)24-16(12)23-15-6-13(25-26-15)10-3-4-10/h2,6,8-10,18,20,24H,1,3-5,7H2,(H2,23,25,26). The molecule has 0 radical (unpaired) electrons. The average molecular weight is 478 g/mol. The Morgan fingerprint density at radius 2 is 2.25 bits per heavy atom. The number of thioether (sulfide) groups is 1. The number of halogens is 1. The van der Waals surface area contributed by atoms with Crippen LogP contribution < -0.4 is 16.0 Å². The number of hydrogen-bond acceptors (Lipinski definition) is 8. The van der Waals surface area contributed by atoms with Crippen LogP contribution in [0.25, 0.3) is 4.91 Å². The van der Waals surface area contributed by atoms with E-state index >= 15 is 0 Å². The lowest BCUT2D eigenvalue weighted by atomic mass is 10.3. The number of aromatic amines is 1. The van der Waals surface area contributed by atoms with Crippen molar-refractivity contribution < 1.29 is 0 Å². The van der Waals surface area contributed by atoms with Crippen molar-refractivity contribution in [2.75, 3.05) is 11.1 Å². The smallest absolute Gasteiger partial charge is 0.175 e. The summed E-state index contributed by atoms with van der Waals surface area (Å²) in [4.78, 5) is 10.5. The van der Waals surface area contributed by atoms with Gasteiger partial charge in [-0.15, -0.1) is 23.1 Å². The van der Waals surface area contributed by atoms with Gasteiger partial charge in [0.2, 0.25) is 0 Å². The third-order valence-corrected chi connectivity index (χ3v) is 7.43. The molecule has 1 fully saturated rings. The molecule has 0 spiro atoms. The summed E-state index contributed by atoms with van der Waals surface area (Å²) in [6.07, 6.45) is 7.49. The third-order valence-electron chi connectivity index (χ3n) is 4.67. The van der Waals surface area contributed by atoms with E-state index in [0.717, 1.165) is 33.2 Å². The lowest BCUT2D eigenvalue weighted by molar-refractivity contribution is 0.470. The van der Waals surface area contributed by atoms with Crippen molar-refractivity contribution in [2.24, 2.45) is 4.99 Å². The summed E-state index contributed by atoms with van der Waals surface area (Å²) >= 11 is 7.14. The molecular formula is C18H20BrN7S2. The van der Waals surface area contributed by atoms with Crippen LogP contribution >= 0.6 is 39.0 Å². The van der Waals surface area contributed by atoms with E-state index in [-0.39, 0.29) is 6.29 Å². The van der Waals surface area contributed by atoms with Crippen molar-refractivity contribution in [3.05, 3.63) is 44.2 Å². The molecule has 0 amide bonds. The molecule has 28 heavy (non-hydrogen) atoms. The second-order valence-electron chi connectivity index (χ2n) is 6.89. The van der Waals surface area contributed by atoms with Crippen LogP contribution in [0.1, 0.15) is 41.6 Å². The minimum atomic E-state index is -0.226. The predicted molar refractivity (Wildman–Crippen MR) is 120 cm³/mol. The van der Waals surface area contributed by atoms with E-state index in [1.165, 1.54) is 29.2 Å². The van der Waals surface area contributed by atoms with E-state index in [2.05, 4.69) is 64.6 Å². The van der Waals surface area contributed by atoms with Gasteiger partial charge in [-0.3, -0.25) is 15.4 Å². The number of allylic oxidation sites excluding steroid dienone is 2. The quantitative estimate of drug-likeness (QED) is 0.482. The van der Waals surface area contributed by atoms with Crippen LogP contribution in [-0.4, -0.2) is 33.4 Å². The Balaban J connectivity index is 1.17. The van der Waals surface area contributed by atoms with Crippen molar-refractivity contribution in [3.63, 3.8) is 0 Å². The summed E-state index contributed by atoms with van der Waals surface area (Å²) in [6.45, 7) is 0.655. The van der Waals surface area contributed by atoms with E-state index < -0.39 is 0 Å². The molecule has 146 valence electrons. The molecule has 1 aliphatic carbocycles. The number of aliphatic imine (C=N–C) groups is 1. The highest BCUT2D eigenvalue weighted by Crippen LogP contribution is 2.39. The molecule has 1 unspecified atom stereocenters. The molecule has 0 aromatic carbocycles. The topological polar surface area (TPSA) is 90.0 Å². The lowest BCUT2D eigenvalue weighted by Crippen LogP contribution is -2.43. The third kappa shape index (κ3) is 4.19. The zero-order valence-corrected chi connectivity index (χ0v) is 18.3. The predicted octanol–water partition coefficient (Wildman–Crippen LogP) is 3.94. The number of H-pyrrole nitrogens is 1. The Hall–Kier alpha value is -1.62. The minimum Gasteiger partial charge on any atom is -0.337 e. The first-order valence-electron chi connectivity index (χ1n) is 9.27. The monoisotopic (exact) mass is 477 g/mol. The maximum Gasteiger partial charge on any atom is 0.175 e. The van der Waals surface area contributed by atoms with Gasteiger partial charge in [0, 0.05) is 46.5 Å². The Bertz CT molecular complexity index is 957. The Morgan fingerprint density at radius 1 is 1.32 bits per heavy atom. The number of nitrogens with zero attached hydrogens (tertiary/aromatic N) is 3. The number of nitrogens with one attached hydrogen (secondary N) is 4.